The van der Waals surface area contributed by atoms with E-state index in [9.17, 15) is 14.4 Å². The number of nitrogens with one attached hydrogen (secondary N) is 3. The van der Waals surface area contributed by atoms with Crippen LogP contribution < -0.4 is 20.7 Å². The van der Waals surface area contributed by atoms with Crippen LogP contribution in [0, 0.1) is 0 Å². The van der Waals surface area contributed by atoms with E-state index in [4.69, 9.17) is 16.3 Å². The van der Waals surface area contributed by atoms with Gasteiger partial charge >= 0.3 is 0 Å². The molecule has 3 amide bonds. The van der Waals surface area contributed by atoms with Crippen LogP contribution in [0.2, 0.25) is 5.02 Å². The molecule has 170 valence electrons. The zero-order chi connectivity index (χ0) is 23.5. The average Bonchev–Trinajstić information content (AvgIpc) is 3.34. The van der Waals surface area contributed by atoms with Gasteiger partial charge in [0.1, 0.15) is 5.75 Å². The first-order valence-corrected chi connectivity index (χ1v) is 11.4. The number of hydrogen-bond donors (Lipinski definition) is 3. The minimum absolute atomic E-state index is 0.214. The molecule has 0 bridgehead atoms. The van der Waals surface area contributed by atoms with Gasteiger partial charge in [0.25, 0.3) is 5.91 Å². The molecule has 2 aromatic carbocycles. The lowest BCUT2D eigenvalue weighted by Crippen LogP contribution is -2.20. The van der Waals surface area contributed by atoms with Crippen LogP contribution in [0.3, 0.4) is 0 Å². The van der Waals surface area contributed by atoms with E-state index in [0.29, 0.717) is 51.4 Å². The van der Waals surface area contributed by atoms with Crippen LogP contribution in [-0.2, 0) is 16.0 Å². The fraction of sp³-hybridized carbons (Fsp3) is 0.217. The van der Waals surface area contributed by atoms with Gasteiger partial charge in [0.05, 0.1) is 24.4 Å². The van der Waals surface area contributed by atoms with Gasteiger partial charge in [0, 0.05) is 28.1 Å². The molecule has 0 saturated heterocycles. The van der Waals surface area contributed by atoms with E-state index < -0.39 is 5.92 Å². The standard InChI is InChI=1S/C23H21ClN4O4S/c1-12(29)25-15-7-9-18(32-2)17(11-15)26-22(31)16-8-10-19-20(16)27-23(33-19)28-21(30)13-3-5-14(24)6-4-13/h3-7,9,11,16H,8,10H2,1-2H3,(H,25,29)(H,26,31)(H,27,28,30). The molecule has 1 aromatic heterocycles. The molecule has 1 atom stereocenters. The van der Waals surface area contributed by atoms with Crippen molar-refractivity contribution in [1.82, 2.24) is 4.98 Å². The highest BCUT2D eigenvalue weighted by atomic mass is 35.5. The maximum absolute atomic E-state index is 13.1. The van der Waals surface area contributed by atoms with Gasteiger partial charge in [-0.3, -0.25) is 19.7 Å². The molecule has 0 fully saturated rings. The first kappa shape index (κ1) is 22.8. The Morgan fingerprint density at radius 1 is 1.09 bits per heavy atom. The number of thiazole rings is 1. The predicted octanol–water partition coefficient (Wildman–Crippen LogP) is 4.68. The summed E-state index contributed by atoms with van der Waals surface area (Å²) in [5.74, 6) is -0.711. The highest BCUT2D eigenvalue weighted by Gasteiger charge is 2.33. The van der Waals surface area contributed by atoms with E-state index in [1.807, 2.05) is 0 Å². The van der Waals surface area contributed by atoms with Gasteiger partial charge < -0.3 is 15.4 Å². The highest BCUT2D eigenvalue weighted by molar-refractivity contribution is 7.16. The van der Waals surface area contributed by atoms with Crippen LogP contribution in [0.25, 0.3) is 0 Å². The molecule has 1 unspecified atom stereocenters. The van der Waals surface area contributed by atoms with Crippen LogP contribution in [0.5, 0.6) is 5.75 Å². The number of anilines is 3. The first-order valence-electron chi connectivity index (χ1n) is 10.2. The van der Waals surface area contributed by atoms with Gasteiger partial charge in [-0.1, -0.05) is 11.6 Å². The van der Waals surface area contributed by atoms with E-state index in [0.717, 1.165) is 4.88 Å². The number of carbonyl (C=O) groups excluding carboxylic acids is 3. The minimum atomic E-state index is -0.452. The smallest absolute Gasteiger partial charge is 0.257 e. The second-order valence-electron chi connectivity index (χ2n) is 7.47. The molecule has 3 aromatic rings. The Morgan fingerprint density at radius 2 is 1.85 bits per heavy atom. The number of rotatable bonds is 6. The molecule has 10 heteroatoms. The number of amides is 3. The summed E-state index contributed by atoms with van der Waals surface area (Å²) in [7, 11) is 1.51. The lowest BCUT2D eigenvalue weighted by atomic mass is 10.1. The lowest BCUT2D eigenvalue weighted by molar-refractivity contribution is -0.117. The number of fused-ring (bicyclic) bond motifs is 1. The minimum Gasteiger partial charge on any atom is -0.495 e. The highest BCUT2D eigenvalue weighted by Crippen LogP contribution is 2.39. The SMILES string of the molecule is COc1ccc(NC(C)=O)cc1NC(=O)C1CCc2sc(NC(=O)c3ccc(Cl)cc3)nc21. The van der Waals surface area contributed by atoms with Crippen molar-refractivity contribution in [2.75, 3.05) is 23.1 Å². The molecular formula is C23H21ClN4O4S. The maximum atomic E-state index is 13.1. The Morgan fingerprint density at radius 3 is 2.55 bits per heavy atom. The summed E-state index contributed by atoms with van der Waals surface area (Å²) in [5.41, 5.74) is 2.14. The van der Waals surface area contributed by atoms with Crippen molar-refractivity contribution in [3.63, 3.8) is 0 Å². The second-order valence-corrected chi connectivity index (χ2v) is 8.99. The van der Waals surface area contributed by atoms with Crippen molar-refractivity contribution in [3.05, 3.63) is 63.6 Å². The van der Waals surface area contributed by atoms with Gasteiger partial charge in [-0.25, -0.2) is 4.98 Å². The van der Waals surface area contributed by atoms with E-state index in [1.54, 1.807) is 42.5 Å². The third kappa shape index (κ3) is 5.15. The third-order valence-corrected chi connectivity index (χ3v) is 6.44. The molecule has 8 nitrogen and oxygen atoms in total. The Labute approximate surface area is 199 Å². The van der Waals surface area contributed by atoms with E-state index >= 15 is 0 Å². The monoisotopic (exact) mass is 484 g/mol. The van der Waals surface area contributed by atoms with Gasteiger partial charge in [-0.2, -0.15) is 0 Å². The molecule has 4 rings (SSSR count). The second kappa shape index (κ2) is 9.60. The Balaban J connectivity index is 1.48. The molecule has 0 aliphatic heterocycles. The van der Waals surface area contributed by atoms with Crippen LogP contribution in [0.15, 0.2) is 42.5 Å². The molecule has 33 heavy (non-hydrogen) atoms. The Kier molecular flexibility index (Phi) is 6.62. The van der Waals surface area contributed by atoms with Crippen LogP contribution >= 0.6 is 22.9 Å². The quantitative estimate of drug-likeness (QED) is 0.470. The van der Waals surface area contributed by atoms with E-state index in [2.05, 4.69) is 20.9 Å². The predicted molar refractivity (Wildman–Crippen MR) is 129 cm³/mol. The molecule has 1 aliphatic rings. The molecule has 0 radical (unpaired) electrons. The molecule has 1 aliphatic carbocycles. The molecule has 0 spiro atoms. The largest absolute Gasteiger partial charge is 0.495 e. The number of carbonyl (C=O) groups is 3. The fourth-order valence-electron chi connectivity index (χ4n) is 3.61. The summed E-state index contributed by atoms with van der Waals surface area (Å²) in [6.45, 7) is 1.41. The molecule has 3 N–H and O–H groups in total. The van der Waals surface area contributed by atoms with Crippen molar-refractivity contribution < 1.29 is 19.1 Å². The van der Waals surface area contributed by atoms with Crippen molar-refractivity contribution in [2.24, 2.45) is 0 Å². The zero-order valence-corrected chi connectivity index (χ0v) is 19.5. The van der Waals surface area contributed by atoms with Gasteiger partial charge in [-0.05, 0) is 55.3 Å². The van der Waals surface area contributed by atoms with Crippen molar-refractivity contribution in [1.29, 1.82) is 0 Å². The van der Waals surface area contributed by atoms with Crippen LogP contribution in [0.4, 0.5) is 16.5 Å². The normalized spacial score (nSPS) is 14.3. The first-order chi connectivity index (χ1) is 15.8. The topological polar surface area (TPSA) is 109 Å². The summed E-state index contributed by atoms with van der Waals surface area (Å²) >= 11 is 7.25. The molecule has 0 saturated carbocycles. The number of hydrogen-bond acceptors (Lipinski definition) is 6. The van der Waals surface area contributed by atoms with Gasteiger partial charge in [0.2, 0.25) is 11.8 Å². The van der Waals surface area contributed by atoms with Gasteiger partial charge in [-0.15, -0.1) is 11.3 Å². The van der Waals surface area contributed by atoms with Crippen LogP contribution in [-0.4, -0.2) is 29.8 Å². The number of benzene rings is 2. The molecule has 1 heterocycles. The molecular weight excluding hydrogens is 464 g/mol. The number of halogens is 1. The summed E-state index contributed by atoms with van der Waals surface area (Å²) in [6.07, 6.45) is 1.32. The van der Waals surface area contributed by atoms with Crippen LogP contribution in [0.1, 0.15) is 40.2 Å². The number of nitrogens with zero attached hydrogens (tertiary/aromatic N) is 1. The number of aryl methyl sites for hydroxylation is 1. The number of methoxy groups -OCH3 is 1. The van der Waals surface area contributed by atoms with Crippen molar-refractivity contribution >= 4 is 57.2 Å². The van der Waals surface area contributed by atoms with E-state index in [1.165, 1.54) is 25.4 Å². The van der Waals surface area contributed by atoms with Gasteiger partial charge in [0.15, 0.2) is 5.13 Å². The third-order valence-electron chi connectivity index (χ3n) is 5.14. The average molecular weight is 485 g/mol. The Hall–Kier alpha value is -3.43. The zero-order valence-electron chi connectivity index (χ0n) is 17.9. The summed E-state index contributed by atoms with van der Waals surface area (Å²) < 4.78 is 5.34. The summed E-state index contributed by atoms with van der Waals surface area (Å²) in [5, 5.41) is 9.37. The summed E-state index contributed by atoms with van der Waals surface area (Å²) in [6, 6.07) is 11.6. The lowest BCUT2D eigenvalue weighted by Gasteiger charge is -2.15. The van der Waals surface area contributed by atoms with E-state index in [-0.39, 0.29) is 17.7 Å². The fourth-order valence-corrected chi connectivity index (χ4v) is 4.77. The van der Waals surface area contributed by atoms with Crippen molar-refractivity contribution in [3.8, 4) is 5.75 Å². The number of ether oxygens (including phenoxy) is 1. The van der Waals surface area contributed by atoms with Crippen molar-refractivity contribution in [2.45, 2.75) is 25.7 Å². The maximum Gasteiger partial charge on any atom is 0.257 e. The number of aromatic nitrogens is 1. The summed E-state index contributed by atoms with van der Waals surface area (Å²) in [4.78, 5) is 42.4. The Bertz CT molecular complexity index is 1230.